The van der Waals surface area contributed by atoms with Crippen LogP contribution in [0, 0.1) is 5.92 Å². The number of nitrogens with one attached hydrogen (secondary N) is 2. The van der Waals surface area contributed by atoms with Crippen LogP contribution in [0.1, 0.15) is 19.3 Å². The van der Waals surface area contributed by atoms with Crippen LogP contribution in [0.2, 0.25) is 0 Å². The fraction of sp³-hybridized carbons (Fsp3) is 0.500. The Hall–Kier alpha value is -1.36. The number of carbonyl (C=O) groups excluding carboxylic acids is 1. The number of allylic oxidation sites excluding steroid dienone is 2. The molecule has 5 heteroatoms. The van der Waals surface area contributed by atoms with Crippen LogP contribution in [-0.2, 0) is 0 Å². The molecule has 4 N–H and O–H groups in total. The van der Waals surface area contributed by atoms with Crippen molar-refractivity contribution in [3.05, 3.63) is 12.2 Å². The summed E-state index contributed by atoms with van der Waals surface area (Å²) in [5, 5.41) is 3.76. The van der Waals surface area contributed by atoms with Crippen molar-refractivity contribution in [2.75, 3.05) is 0 Å². The molecule has 1 aliphatic carbocycles. The smallest absolute Gasteiger partial charge is 0.274 e. The molecule has 0 radical (unpaired) electrons. The van der Waals surface area contributed by atoms with Gasteiger partial charge in [0.25, 0.3) is 0 Å². The first-order valence-corrected chi connectivity index (χ1v) is 4.27. The topological polar surface area (TPSA) is 79.5 Å². The van der Waals surface area contributed by atoms with Crippen molar-refractivity contribution in [2.45, 2.75) is 19.3 Å². The molecule has 1 atom stereocenters. The first-order chi connectivity index (χ1) is 6.33. The van der Waals surface area contributed by atoms with Crippen LogP contribution in [0.25, 0.3) is 0 Å². The highest BCUT2D eigenvalue weighted by molar-refractivity contribution is 5.74. The third kappa shape index (κ3) is 3.71. The van der Waals surface area contributed by atoms with Gasteiger partial charge >= 0.3 is 6.03 Å². The summed E-state index contributed by atoms with van der Waals surface area (Å²) in [4.78, 5) is 10.6. The van der Waals surface area contributed by atoms with E-state index < -0.39 is 6.03 Å². The van der Waals surface area contributed by atoms with Crippen molar-refractivity contribution >= 4 is 12.2 Å². The largest absolute Gasteiger partial charge is 0.349 e. The number of hydrogen-bond acceptors (Lipinski definition) is 3. The van der Waals surface area contributed by atoms with Crippen molar-refractivity contribution in [1.29, 1.82) is 0 Å². The van der Waals surface area contributed by atoms with Crippen LogP contribution in [0.4, 0.5) is 4.79 Å². The van der Waals surface area contributed by atoms with Gasteiger partial charge in [-0.25, -0.2) is 16.1 Å². The van der Waals surface area contributed by atoms with Gasteiger partial charge in [-0.05, 0) is 25.2 Å². The zero-order valence-corrected chi connectivity index (χ0v) is 7.36. The number of amides is 2. The molecule has 5 nitrogen and oxygen atoms in total. The van der Waals surface area contributed by atoms with E-state index in [1.807, 2.05) is 5.43 Å². The van der Waals surface area contributed by atoms with Gasteiger partial charge in [-0.1, -0.05) is 12.2 Å². The Balaban J connectivity index is 2.23. The van der Waals surface area contributed by atoms with Gasteiger partial charge in [-0.3, -0.25) is 5.43 Å². The predicted octanol–water partition coefficient (Wildman–Crippen LogP) is 0.501. The van der Waals surface area contributed by atoms with E-state index >= 15 is 0 Å². The molecule has 0 saturated carbocycles. The Morgan fingerprint density at radius 2 is 2.46 bits per heavy atom. The monoisotopic (exact) mass is 182 g/mol. The second-order valence-electron chi connectivity index (χ2n) is 2.91. The zero-order valence-electron chi connectivity index (χ0n) is 7.36. The summed E-state index contributed by atoms with van der Waals surface area (Å²) >= 11 is 0. The van der Waals surface area contributed by atoms with E-state index in [1.54, 1.807) is 6.21 Å². The maximum absolute atomic E-state index is 10.6. The highest BCUT2D eigenvalue weighted by Gasteiger charge is 2.06. The van der Waals surface area contributed by atoms with Crippen molar-refractivity contribution in [3.8, 4) is 0 Å². The summed E-state index contributed by atoms with van der Waals surface area (Å²) in [6.07, 6.45) is 9.20. The quantitative estimate of drug-likeness (QED) is 0.191. The molecular weight excluding hydrogens is 168 g/mol. The van der Waals surface area contributed by atoms with Gasteiger partial charge in [-0.15, -0.1) is 0 Å². The molecular formula is C8H14N4O. The number of hydrogen-bond donors (Lipinski definition) is 3. The average Bonchev–Trinajstić information content (AvgIpc) is 2.19. The van der Waals surface area contributed by atoms with Gasteiger partial charge in [0.05, 0.1) is 0 Å². The number of rotatable bonds is 2. The summed E-state index contributed by atoms with van der Waals surface area (Å²) in [5.41, 5.74) is 4.17. The number of urea groups is 1. The summed E-state index contributed by atoms with van der Waals surface area (Å²) in [6, 6.07) is -0.498. The van der Waals surface area contributed by atoms with Crippen molar-refractivity contribution in [3.63, 3.8) is 0 Å². The molecule has 0 bridgehead atoms. The fourth-order valence-electron chi connectivity index (χ4n) is 1.19. The Bertz CT molecular complexity index is 224. The first kappa shape index (κ1) is 9.73. The predicted molar refractivity (Wildman–Crippen MR) is 50.8 cm³/mol. The number of hydrazine groups is 1. The second-order valence-corrected chi connectivity index (χ2v) is 2.91. The van der Waals surface area contributed by atoms with Crippen LogP contribution < -0.4 is 16.7 Å². The summed E-state index contributed by atoms with van der Waals surface area (Å²) in [7, 11) is 0. The molecule has 0 aromatic rings. The van der Waals surface area contributed by atoms with Crippen LogP contribution in [0.15, 0.2) is 17.3 Å². The zero-order chi connectivity index (χ0) is 9.52. The molecule has 2 amide bonds. The van der Waals surface area contributed by atoms with Gasteiger partial charge in [0.15, 0.2) is 0 Å². The lowest BCUT2D eigenvalue weighted by Gasteiger charge is -2.11. The Morgan fingerprint density at radius 3 is 3.08 bits per heavy atom. The standard InChI is InChI=1S/C8H14N4O/c9-11-8(13)12-10-6-7-4-2-1-3-5-7/h1-2,6-7H,3-5,9H2,(H2,11,12,13)/b10-6+. The van der Waals surface area contributed by atoms with E-state index in [0.29, 0.717) is 5.92 Å². The maximum Gasteiger partial charge on any atom is 0.349 e. The van der Waals surface area contributed by atoms with E-state index in [0.717, 1.165) is 19.3 Å². The molecule has 0 aromatic heterocycles. The lowest BCUT2D eigenvalue weighted by molar-refractivity contribution is 0.241. The van der Waals surface area contributed by atoms with E-state index in [-0.39, 0.29) is 0 Å². The fourth-order valence-corrected chi connectivity index (χ4v) is 1.19. The first-order valence-electron chi connectivity index (χ1n) is 4.27. The Kier molecular flexibility index (Phi) is 3.98. The van der Waals surface area contributed by atoms with Crippen LogP contribution in [0.3, 0.4) is 0 Å². The average molecular weight is 182 g/mol. The molecule has 13 heavy (non-hydrogen) atoms. The lowest BCUT2D eigenvalue weighted by atomic mass is 9.96. The van der Waals surface area contributed by atoms with Crippen LogP contribution in [0.5, 0.6) is 0 Å². The minimum atomic E-state index is -0.498. The highest BCUT2D eigenvalue weighted by atomic mass is 16.2. The number of carbonyl (C=O) groups is 1. The summed E-state index contributed by atoms with van der Waals surface area (Å²) < 4.78 is 0. The minimum absolute atomic E-state index is 0.433. The third-order valence-corrected chi connectivity index (χ3v) is 1.89. The van der Waals surface area contributed by atoms with Gasteiger partial charge in [0, 0.05) is 6.21 Å². The van der Waals surface area contributed by atoms with E-state index in [4.69, 9.17) is 5.84 Å². The summed E-state index contributed by atoms with van der Waals surface area (Å²) in [5.74, 6) is 5.28. The normalized spacial score (nSPS) is 21.8. The number of nitrogens with two attached hydrogens (primary N) is 1. The van der Waals surface area contributed by atoms with E-state index in [1.165, 1.54) is 0 Å². The van der Waals surface area contributed by atoms with Gasteiger partial charge in [0.2, 0.25) is 0 Å². The second kappa shape index (κ2) is 5.31. The van der Waals surface area contributed by atoms with Crippen LogP contribution in [-0.4, -0.2) is 12.2 Å². The Labute approximate surface area is 77.0 Å². The van der Waals surface area contributed by atoms with E-state index in [9.17, 15) is 4.79 Å². The van der Waals surface area contributed by atoms with Crippen molar-refractivity contribution < 1.29 is 4.79 Å². The molecule has 1 unspecified atom stereocenters. The molecule has 0 heterocycles. The van der Waals surface area contributed by atoms with Crippen LogP contribution >= 0.6 is 0 Å². The van der Waals surface area contributed by atoms with Gasteiger partial charge < -0.3 is 0 Å². The number of nitrogens with zero attached hydrogens (tertiary/aromatic N) is 1. The highest BCUT2D eigenvalue weighted by Crippen LogP contribution is 2.15. The molecule has 1 aliphatic rings. The van der Waals surface area contributed by atoms with Gasteiger partial charge in [0.1, 0.15) is 0 Å². The van der Waals surface area contributed by atoms with Crippen molar-refractivity contribution in [2.24, 2.45) is 16.9 Å². The SMILES string of the molecule is NNC(=O)N/N=C/C1CC=CCC1. The van der Waals surface area contributed by atoms with Crippen molar-refractivity contribution in [1.82, 2.24) is 10.9 Å². The van der Waals surface area contributed by atoms with E-state index in [2.05, 4.69) is 22.7 Å². The number of hydrazone groups is 1. The molecule has 0 fully saturated rings. The maximum atomic E-state index is 10.6. The molecule has 72 valence electrons. The van der Waals surface area contributed by atoms with Gasteiger partial charge in [-0.2, -0.15) is 5.10 Å². The Morgan fingerprint density at radius 1 is 1.62 bits per heavy atom. The third-order valence-electron chi connectivity index (χ3n) is 1.89. The lowest BCUT2D eigenvalue weighted by Crippen LogP contribution is -2.37. The molecule has 0 saturated heterocycles. The summed E-state index contributed by atoms with van der Waals surface area (Å²) in [6.45, 7) is 0. The molecule has 1 rings (SSSR count). The molecule has 0 aliphatic heterocycles. The molecule has 0 spiro atoms. The molecule has 0 aromatic carbocycles. The minimum Gasteiger partial charge on any atom is -0.274 e.